The van der Waals surface area contributed by atoms with E-state index >= 15 is 0 Å². The van der Waals surface area contributed by atoms with Crippen molar-refractivity contribution < 1.29 is 0 Å². The topological polar surface area (TPSA) is 0 Å². The van der Waals surface area contributed by atoms with E-state index < -0.39 is 0 Å². The molecule has 1 aliphatic carbocycles. The van der Waals surface area contributed by atoms with Gasteiger partial charge in [0.2, 0.25) is 0 Å². The van der Waals surface area contributed by atoms with E-state index in [0.29, 0.717) is 0 Å². The molecule has 0 N–H and O–H groups in total. The Morgan fingerprint density at radius 2 is 1.75 bits per heavy atom. The number of allylic oxidation sites excluding steroid dienone is 1. The van der Waals surface area contributed by atoms with Crippen molar-refractivity contribution >= 4 is 0 Å². The van der Waals surface area contributed by atoms with Gasteiger partial charge in [0.25, 0.3) is 0 Å². The highest BCUT2D eigenvalue weighted by molar-refractivity contribution is 5.00. The first kappa shape index (κ1) is 5.65. The van der Waals surface area contributed by atoms with Crippen molar-refractivity contribution in [3.8, 4) is 0 Å². The fourth-order valence-electron chi connectivity index (χ4n) is 1.16. The maximum atomic E-state index is 3.62. The minimum atomic E-state index is 1.25. The van der Waals surface area contributed by atoms with Crippen molar-refractivity contribution in [2.24, 2.45) is 0 Å². The molecule has 0 aromatic rings. The quantitative estimate of drug-likeness (QED) is 0.418. The van der Waals surface area contributed by atoms with Gasteiger partial charge in [-0.15, -0.1) is 5.73 Å². The van der Waals surface area contributed by atoms with Crippen LogP contribution < -0.4 is 0 Å². The van der Waals surface area contributed by atoms with Crippen LogP contribution in [0.3, 0.4) is 0 Å². The van der Waals surface area contributed by atoms with Gasteiger partial charge in [0.05, 0.1) is 0 Å². The second kappa shape index (κ2) is 2.74. The summed E-state index contributed by atoms with van der Waals surface area (Å²) in [6.45, 7) is 3.62. The third kappa shape index (κ3) is 1.24. The van der Waals surface area contributed by atoms with Crippen molar-refractivity contribution in [1.82, 2.24) is 0 Å². The summed E-state index contributed by atoms with van der Waals surface area (Å²) in [5.74, 6) is 0. The van der Waals surface area contributed by atoms with E-state index in [9.17, 15) is 0 Å². The Hall–Kier alpha value is -0.480. The second-order valence-electron chi connectivity index (χ2n) is 2.34. The Balaban J connectivity index is 2.45. The van der Waals surface area contributed by atoms with Gasteiger partial charge < -0.3 is 0 Å². The van der Waals surface area contributed by atoms with Crippen molar-refractivity contribution in [2.45, 2.75) is 32.1 Å². The fraction of sp³-hybridized carbons (Fsp3) is 0.625. The van der Waals surface area contributed by atoms with Crippen molar-refractivity contribution in [2.75, 3.05) is 0 Å². The van der Waals surface area contributed by atoms with E-state index in [-0.39, 0.29) is 0 Å². The summed E-state index contributed by atoms with van der Waals surface area (Å²) in [5.41, 5.74) is 4.41. The predicted molar refractivity (Wildman–Crippen MR) is 35.7 cm³/mol. The van der Waals surface area contributed by atoms with E-state index in [1.807, 2.05) is 0 Å². The SMILES string of the molecule is C=C=C1CCCCC1. The fourth-order valence-corrected chi connectivity index (χ4v) is 1.16. The molecule has 1 saturated carbocycles. The maximum absolute atomic E-state index is 3.62. The highest BCUT2D eigenvalue weighted by Gasteiger charge is 2.02. The Bertz CT molecular complexity index is 108. The molecule has 1 fully saturated rings. The lowest BCUT2D eigenvalue weighted by molar-refractivity contribution is 0.600. The van der Waals surface area contributed by atoms with Crippen molar-refractivity contribution in [3.05, 3.63) is 17.9 Å². The Morgan fingerprint density at radius 3 is 2.12 bits per heavy atom. The molecule has 0 heterocycles. The van der Waals surface area contributed by atoms with E-state index in [2.05, 4.69) is 12.3 Å². The van der Waals surface area contributed by atoms with Gasteiger partial charge in [0.1, 0.15) is 0 Å². The number of rotatable bonds is 0. The predicted octanol–water partition coefficient (Wildman–Crippen LogP) is 2.66. The normalized spacial score (nSPS) is 20.2. The molecule has 0 heteroatoms. The molecule has 0 spiro atoms. The van der Waals surface area contributed by atoms with Crippen LogP contribution in [0.1, 0.15) is 32.1 Å². The molecule has 0 aliphatic heterocycles. The average Bonchev–Trinajstić information content (AvgIpc) is 1.90. The van der Waals surface area contributed by atoms with Gasteiger partial charge in [-0.25, -0.2) is 0 Å². The minimum absolute atomic E-state index is 1.25. The number of hydrogen-bond donors (Lipinski definition) is 0. The summed E-state index contributed by atoms with van der Waals surface area (Å²) < 4.78 is 0. The molecule has 0 aromatic heterocycles. The average molecular weight is 108 g/mol. The summed E-state index contributed by atoms with van der Waals surface area (Å²) in [6.07, 6.45) is 6.63. The smallest absolute Gasteiger partial charge is 0.0244 e. The molecule has 0 radical (unpaired) electrons. The zero-order valence-electron chi connectivity index (χ0n) is 5.24. The van der Waals surface area contributed by atoms with Gasteiger partial charge in [-0.2, -0.15) is 0 Å². The summed E-state index contributed by atoms with van der Waals surface area (Å²) in [4.78, 5) is 0. The highest BCUT2D eigenvalue weighted by Crippen LogP contribution is 2.20. The molecule has 8 heavy (non-hydrogen) atoms. The maximum Gasteiger partial charge on any atom is -0.0244 e. The Kier molecular flexibility index (Phi) is 1.93. The van der Waals surface area contributed by atoms with Crippen LogP contribution in [0.2, 0.25) is 0 Å². The first-order chi connectivity index (χ1) is 3.93. The van der Waals surface area contributed by atoms with Gasteiger partial charge in [-0.05, 0) is 31.3 Å². The van der Waals surface area contributed by atoms with Crippen LogP contribution in [0.4, 0.5) is 0 Å². The minimum Gasteiger partial charge on any atom is -0.130 e. The standard InChI is InChI=1S/C8H12/c1-2-8-6-4-3-5-7-8/h1,3-7H2. The molecule has 0 amide bonds. The molecule has 0 nitrogen and oxygen atoms in total. The molecular formula is C8H12. The summed E-state index contributed by atoms with van der Waals surface area (Å²) in [6, 6.07) is 0. The molecule has 0 aromatic carbocycles. The summed E-state index contributed by atoms with van der Waals surface area (Å²) >= 11 is 0. The zero-order chi connectivity index (χ0) is 5.82. The van der Waals surface area contributed by atoms with Crippen LogP contribution >= 0.6 is 0 Å². The first-order valence-electron chi connectivity index (χ1n) is 3.31. The van der Waals surface area contributed by atoms with E-state index in [1.165, 1.54) is 37.7 Å². The second-order valence-corrected chi connectivity index (χ2v) is 2.34. The van der Waals surface area contributed by atoms with Crippen molar-refractivity contribution in [1.29, 1.82) is 0 Å². The third-order valence-corrected chi connectivity index (χ3v) is 1.71. The molecule has 1 aliphatic rings. The monoisotopic (exact) mass is 108 g/mol. The molecule has 0 saturated heterocycles. The van der Waals surface area contributed by atoms with Crippen LogP contribution in [0.25, 0.3) is 0 Å². The lowest BCUT2D eigenvalue weighted by atomic mass is 9.96. The van der Waals surface area contributed by atoms with Gasteiger partial charge in [-0.1, -0.05) is 13.0 Å². The van der Waals surface area contributed by atoms with Crippen LogP contribution in [0.15, 0.2) is 17.9 Å². The van der Waals surface area contributed by atoms with Crippen LogP contribution in [-0.4, -0.2) is 0 Å². The molecule has 0 unspecified atom stereocenters. The van der Waals surface area contributed by atoms with Gasteiger partial charge in [-0.3, -0.25) is 0 Å². The molecule has 0 atom stereocenters. The number of hydrogen-bond acceptors (Lipinski definition) is 0. The Labute approximate surface area is 50.9 Å². The molecule has 1 rings (SSSR count). The largest absolute Gasteiger partial charge is 0.130 e. The zero-order valence-corrected chi connectivity index (χ0v) is 5.24. The van der Waals surface area contributed by atoms with Crippen LogP contribution in [0, 0.1) is 0 Å². The third-order valence-electron chi connectivity index (χ3n) is 1.71. The van der Waals surface area contributed by atoms with E-state index in [0.717, 1.165) is 0 Å². The lowest BCUT2D eigenvalue weighted by Crippen LogP contribution is -1.90. The Morgan fingerprint density at radius 1 is 1.12 bits per heavy atom. The summed E-state index contributed by atoms with van der Waals surface area (Å²) in [7, 11) is 0. The van der Waals surface area contributed by atoms with Crippen LogP contribution in [-0.2, 0) is 0 Å². The molecule has 44 valence electrons. The van der Waals surface area contributed by atoms with Crippen molar-refractivity contribution in [3.63, 3.8) is 0 Å². The van der Waals surface area contributed by atoms with Gasteiger partial charge in [0, 0.05) is 0 Å². The highest BCUT2D eigenvalue weighted by atomic mass is 14.1. The first-order valence-corrected chi connectivity index (χ1v) is 3.31. The summed E-state index contributed by atoms with van der Waals surface area (Å²) in [5, 5.41) is 0. The van der Waals surface area contributed by atoms with E-state index in [1.54, 1.807) is 0 Å². The lowest BCUT2D eigenvalue weighted by Gasteiger charge is -2.09. The van der Waals surface area contributed by atoms with Gasteiger partial charge in [0.15, 0.2) is 0 Å². The van der Waals surface area contributed by atoms with Gasteiger partial charge >= 0.3 is 0 Å². The van der Waals surface area contributed by atoms with E-state index in [4.69, 9.17) is 0 Å². The van der Waals surface area contributed by atoms with Crippen LogP contribution in [0.5, 0.6) is 0 Å². The molecule has 0 bridgehead atoms. The molecular weight excluding hydrogens is 96.1 g/mol.